The Bertz CT molecular complexity index is 1120. The van der Waals surface area contributed by atoms with Gasteiger partial charge in [-0.25, -0.2) is 4.39 Å². The molecular weight excluding hydrogens is 499 g/mol. The molecule has 0 saturated carbocycles. The molecule has 2 aromatic rings. The highest BCUT2D eigenvalue weighted by Gasteiger charge is 2.24. The number of nitrogens with zero attached hydrogens (tertiary/aromatic N) is 2. The minimum atomic E-state index is -0.987. The van der Waals surface area contributed by atoms with Crippen LogP contribution in [0.1, 0.15) is 51.6 Å². The van der Waals surface area contributed by atoms with Crippen molar-refractivity contribution in [2.45, 2.75) is 52.6 Å². The highest BCUT2D eigenvalue weighted by Crippen LogP contribution is 2.29. The number of aromatic hydroxyl groups is 2. The third-order valence-corrected chi connectivity index (χ3v) is 6.29. The quantitative estimate of drug-likeness (QED) is 0.180. The van der Waals surface area contributed by atoms with E-state index in [1.54, 1.807) is 6.07 Å². The van der Waals surface area contributed by atoms with E-state index in [0.29, 0.717) is 24.4 Å². The number of carbonyl (C=O) groups is 1. The van der Waals surface area contributed by atoms with Crippen LogP contribution in [0.25, 0.3) is 0 Å². The Morgan fingerprint density at radius 2 is 1.89 bits per heavy atom. The Morgan fingerprint density at radius 1 is 1.22 bits per heavy atom. The van der Waals surface area contributed by atoms with Crippen molar-refractivity contribution in [1.82, 2.24) is 9.47 Å². The van der Waals surface area contributed by atoms with Crippen LogP contribution in [0.3, 0.4) is 0 Å². The third kappa shape index (κ3) is 8.98. The van der Waals surface area contributed by atoms with Crippen LogP contribution in [0.4, 0.5) is 4.39 Å². The van der Waals surface area contributed by atoms with Gasteiger partial charge >= 0.3 is 5.97 Å². The molecule has 0 amide bonds. The summed E-state index contributed by atoms with van der Waals surface area (Å²) in [6, 6.07) is 6.64. The number of aliphatic carboxylic acids is 1. The lowest BCUT2D eigenvalue weighted by Crippen LogP contribution is -2.32. The van der Waals surface area contributed by atoms with Crippen LogP contribution in [-0.4, -0.2) is 50.5 Å². The van der Waals surface area contributed by atoms with Crippen molar-refractivity contribution in [2.24, 2.45) is 0 Å². The van der Waals surface area contributed by atoms with Crippen molar-refractivity contribution in [2.75, 3.05) is 19.7 Å². The van der Waals surface area contributed by atoms with E-state index in [-0.39, 0.29) is 36.4 Å². The molecule has 9 heteroatoms. The van der Waals surface area contributed by atoms with E-state index in [0.717, 1.165) is 24.0 Å². The summed E-state index contributed by atoms with van der Waals surface area (Å²) in [5, 5.41) is 29.1. The molecule has 0 spiro atoms. The molecule has 0 aliphatic rings. The van der Waals surface area contributed by atoms with E-state index in [2.05, 4.69) is 6.58 Å². The molecule has 202 valence electrons. The molecule has 1 atom stereocenters. The van der Waals surface area contributed by atoms with Crippen LogP contribution < -0.4 is 0 Å². The number of carboxylic acid groups (broad SMARTS) is 1. The first-order valence-corrected chi connectivity index (χ1v) is 12.6. The van der Waals surface area contributed by atoms with Gasteiger partial charge in [-0.1, -0.05) is 44.2 Å². The molecule has 0 aliphatic carbocycles. The molecule has 1 aromatic carbocycles. The van der Waals surface area contributed by atoms with E-state index in [1.165, 1.54) is 28.8 Å². The zero-order valence-electron chi connectivity index (χ0n) is 21.6. The topological polar surface area (TPSA) is 95.2 Å². The molecule has 37 heavy (non-hydrogen) atoms. The van der Waals surface area contributed by atoms with E-state index in [1.807, 2.05) is 37.8 Å². The van der Waals surface area contributed by atoms with Crippen molar-refractivity contribution >= 4 is 17.6 Å². The largest absolute Gasteiger partial charge is 0.494 e. The Labute approximate surface area is 222 Å². The van der Waals surface area contributed by atoms with Gasteiger partial charge in [0.05, 0.1) is 18.0 Å². The fourth-order valence-electron chi connectivity index (χ4n) is 3.89. The Hall–Kier alpha value is -3.23. The van der Waals surface area contributed by atoms with Crippen molar-refractivity contribution in [1.29, 1.82) is 0 Å². The third-order valence-electron chi connectivity index (χ3n) is 5.98. The van der Waals surface area contributed by atoms with Gasteiger partial charge in [-0.15, -0.1) is 0 Å². The molecule has 0 saturated heterocycles. The average Bonchev–Trinajstić information content (AvgIpc) is 3.17. The van der Waals surface area contributed by atoms with Crippen LogP contribution >= 0.6 is 11.6 Å². The van der Waals surface area contributed by atoms with Gasteiger partial charge in [0.2, 0.25) is 0 Å². The van der Waals surface area contributed by atoms with Crippen LogP contribution in [-0.2, 0) is 16.1 Å². The number of rotatable bonds is 15. The van der Waals surface area contributed by atoms with Crippen molar-refractivity contribution in [3.8, 4) is 11.8 Å². The lowest BCUT2D eigenvalue weighted by atomic mass is 10.0. The second-order valence-electron chi connectivity index (χ2n) is 8.80. The molecule has 0 radical (unpaired) electrons. The highest BCUT2D eigenvalue weighted by molar-refractivity contribution is 6.30. The molecule has 2 rings (SSSR count). The lowest BCUT2D eigenvalue weighted by Gasteiger charge is -2.31. The molecular formula is C28H36ClFN2O5. The SMILES string of the molecule is C=C(C=CC(OCCn1c(O)ccc1O)=C(C)CC)CN(CCC)C(CC(=O)O)c1ccc(Cl)c(F)c1. The highest BCUT2D eigenvalue weighted by atomic mass is 35.5. The van der Waals surface area contributed by atoms with Gasteiger partial charge in [0.25, 0.3) is 0 Å². The Kier molecular flexibility index (Phi) is 11.8. The number of allylic oxidation sites excluding steroid dienone is 2. The predicted molar refractivity (Wildman–Crippen MR) is 143 cm³/mol. The van der Waals surface area contributed by atoms with Crippen LogP contribution in [0.2, 0.25) is 5.02 Å². The van der Waals surface area contributed by atoms with Gasteiger partial charge in [-0.05, 0) is 61.2 Å². The minimum absolute atomic E-state index is 0.0139. The minimum Gasteiger partial charge on any atom is -0.494 e. The van der Waals surface area contributed by atoms with Gasteiger partial charge in [0.15, 0.2) is 11.8 Å². The maximum atomic E-state index is 14.2. The second kappa shape index (κ2) is 14.5. The summed E-state index contributed by atoms with van der Waals surface area (Å²) in [7, 11) is 0. The maximum Gasteiger partial charge on any atom is 0.305 e. The zero-order valence-corrected chi connectivity index (χ0v) is 22.3. The number of benzene rings is 1. The first-order valence-electron chi connectivity index (χ1n) is 12.2. The summed E-state index contributed by atoms with van der Waals surface area (Å²) < 4.78 is 21.4. The molecule has 1 heterocycles. The summed E-state index contributed by atoms with van der Waals surface area (Å²) in [6.45, 7) is 11.5. The van der Waals surface area contributed by atoms with E-state index < -0.39 is 17.8 Å². The summed E-state index contributed by atoms with van der Waals surface area (Å²) in [4.78, 5) is 13.6. The van der Waals surface area contributed by atoms with Crippen LogP contribution in [0.5, 0.6) is 11.8 Å². The molecule has 7 nitrogen and oxygen atoms in total. The number of ether oxygens (including phenoxy) is 1. The maximum absolute atomic E-state index is 14.2. The predicted octanol–water partition coefficient (Wildman–Crippen LogP) is 6.43. The van der Waals surface area contributed by atoms with Crippen molar-refractivity contribution in [3.63, 3.8) is 0 Å². The smallest absolute Gasteiger partial charge is 0.305 e. The van der Waals surface area contributed by atoms with Crippen molar-refractivity contribution < 1.29 is 29.2 Å². The van der Waals surface area contributed by atoms with Gasteiger partial charge in [0, 0.05) is 24.7 Å². The lowest BCUT2D eigenvalue weighted by molar-refractivity contribution is -0.138. The molecule has 0 bridgehead atoms. The van der Waals surface area contributed by atoms with Gasteiger partial charge < -0.3 is 20.1 Å². The summed E-state index contributed by atoms with van der Waals surface area (Å²) >= 11 is 5.83. The fourth-order valence-corrected chi connectivity index (χ4v) is 4.01. The van der Waals surface area contributed by atoms with E-state index >= 15 is 0 Å². The van der Waals surface area contributed by atoms with Gasteiger partial charge in [-0.2, -0.15) is 0 Å². The standard InChI is InChI=1S/C28H36ClFN2O5/c1-5-13-31(24(17-28(35)36)21-8-9-22(29)23(30)16-21)18-19(3)7-10-25(20(4)6-2)37-15-14-32-26(33)11-12-27(32)34/h7-12,16,24,33-34H,3,5-6,13-15,17-18H2,1-2,4H3,(H,35,36). The molecule has 0 aliphatic heterocycles. The van der Waals surface area contributed by atoms with Gasteiger partial charge in [0.1, 0.15) is 18.2 Å². The number of halogens is 2. The molecule has 3 N–H and O–H groups in total. The molecule has 1 aromatic heterocycles. The summed E-state index contributed by atoms with van der Waals surface area (Å²) in [5.74, 6) is -1.02. The summed E-state index contributed by atoms with van der Waals surface area (Å²) in [6.07, 6.45) is 4.97. The second-order valence-corrected chi connectivity index (χ2v) is 9.20. The Balaban J connectivity index is 2.16. The number of hydrogen-bond donors (Lipinski definition) is 3. The first kappa shape index (κ1) is 30.0. The summed E-state index contributed by atoms with van der Waals surface area (Å²) in [5.41, 5.74) is 2.27. The first-order chi connectivity index (χ1) is 17.6. The average molecular weight is 535 g/mol. The number of aromatic nitrogens is 1. The van der Waals surface area contributed by atoms with Crippen LogP contribution in [0.15, 0.2) is 66.0 Å². The van der Waals surface area contributed by atoms with Crippen molar-refractivity contribution in [3.05, 3.63) is 82.4 Å². The normalized spacial score (nSPS) is 13.1. The van der Waals surface area contributed by atoms with Gasteiger partial charge in [-0.3, -0.25) is 14.3 Å². The fraction of sp³-hybridized carbons (Fsp3) is 0.393. The van der Waals surface area contributed by atoms with E-state index in [4.69, 9.17) is 16.3 Å². The van der Waals surface area contributed by atoms with E-state index in [9.17, 15) is 24.5 Å². The Morgan fingerprint density at radius 3 is 2.46 bits per heavy atom. The van der Waals surface area contributed by atoms with Crippen LogP contribution in [0, 0.1) is 5.82 Å². The zero-order chi connectivity index (χ0) is 27.5. The monoisotopic (exact) mass is 534 g/mol. The number of hydrogen-bond acceptors (Lipinski definition) is 5. The molecule has 1 unspecified atom stereocenters. The molecule has 0 fully saturated rings. The number of carboxylic acids is 1.